The number of pyridine rings is 1. The highest BCUT2D eigenvalue weighted by molar-refractivity contribution is 5.90. The minimum Gasteiger partial charge on any atom is -0.376 e. The van der Waals surface area contributed by atoms with Gasteiger partial charge in [0.25, 0.3) is 5.56 Å². The Morgan fingerprint density at radius 1 is 1.35 bits per heavy atom. The summed E-state index contributed by atoms with van der Waals surface area (Å²) in [6.07, 6.45) is 2.30. The first-order valence-corrected chi connectivity index (χ1v) is 7.90. The maximum absolute atomic E-state index is 12.4. The summed E-state index contributed by atoms with van der Waals surface area (Å²) in [6.45, 7) is 4.57. The van der Waals surface area contributed by atoms with E-state index < -0.39 is 0 Å². The largest absolute Gasteiger partial charge is 0.376 e. The first-order valence-electron chi connectivity index (χ1n) is 7.90. The van der Waals surface area contributed by atoms with Gasteiger partial charge in [-0.15, -0.1) is 0 Å². The summed E-state index contributed by atoms with van der Waals surface area (Å²) in [5.74, 6) is -0.481. The number of aromatic nitrogens is 1. The Bertz CT molecular complexity index is 633. The number of anilines is 1. The molecule has 1 aromatic rings. The van der Waals surface area contributed by atoms with Gasteiger partial charge in [0, 0.05) is 25.3 Å². The summed E-state index contributed by atoms with van der Waals surface area (Å²) in [4.78, 5) is 35.9. The van der Waals surface area contributed by atoms with Crippen molar-refractivity contribution in [3.05, 3.63) is 28.2 Å². The minimum atomic E-state index is -0.376. The van der Waals surface area contributed by atoms with E-state index >= 15 is 0 Å². The van der Waals surface area contributed by atoms with Gasteiger partial charge < -0.3 is 19.9 Å². The van der Waals surface area contributed by atoms with E-state index in [2.05, 4.69) is 10.6 Å². The van der Waals surface area contributed by atoms with E-state index in [9.17, 15) is 14.4 Å². The van der Waals surface area contributed by atoms with Crippen LogP contribution >= 0.6 is 0 Å². The fraction of sp³-hybridized carbons (Fsp3) is 0.562. The van der Waals surface area contributed by atoms with E-state index in [1.54, 1.807) is 26.0 Å². The predicted molar refractivity (Wildman–Crippen MR) is 86.3 cm³/mol. The topological polar surface area (TPSA) is 89.4 Å². The zero-order chi connectivity index (χ0) is 16.8. The normalized spacial score (nSPS) is 17.0. The highest BCUT2D eigenvalue weighted by Crippen LogP contribution is 2.10. The van der Waals surface area contributed by atoms with Crippen molar-refractivity contribution in [2.45, 2.75) is 45.8 Å². The Morgan fingerprint density at radius 2 is 2.13 bits per heavy atom. The van der Waals surface area contributed by atoms with Crippen molar-refractivity contribution in [1.29, 1.82) is 0 Å². The molecule has 1 aliphatic heterocycles. The summed E-state index contributed by atoms with van der Waals surface area (Å²) < 4.78 is 6.80. The molecule has 0 spiro atoms. The first kappa shape index (κ1) is 17.2. The molecule has 2 N–H and O–H groups in total. The van der Waals surface area contributed by atoms with Gasteiger partial charge in [-0.3, -0.25) is 14.4 Å². The lowest BCUT2D eigenvalue weighted by molar-refractivity contribution is -0.122. The van der Waals surface area contributed by atoms with Crippen molar-refractivity contribution in [3.63, 3.8) is 0 Å². The van der Waals surface area contributed by atoms with Gasteiger partial charge in [-0.25, -0.2) is 0 Å². The molecule has 0 saturated carbocycles. The fourth-order valence-electron chi connectivity index (χ4n) is 2.43. The number of ether oxygens (including phenoxy) is 1. The Kier molecular flexibility index (Phi) is 5.92. The number of rotatable bonds is 6. The first-order chi connectivity index (χ1) is 11.0. The highest BCUT2D eigenvalue weighted by atomic mass is 16.5. The molecule has 23 heavy (non-hydrogen) atoms. The molecule has 2 heterocycles. The lowest BCUT2D eigenvalue weighted by Gasteiger charge is -2.14. The molecule has 0 bridgehead atoms. The van der Waals surface area contributed by atoms with E-state index in [0.29, 0.717) is 12.2 Å². The van der Waals surface area contributed by atoms with Crippen molar-refractivity contribution >= 4 is 17.5 Å². The molecule has 1 unspecified atom stereocenters. The Hall–Kier alpha value is -2.15. The lowest BCUT2D eigenvalue weighted by Crippen LogP contribution is -2.37. The Morgan fingerprint density at radius 3 is 2.78 bits per heavy atom. The lowest BCUT2D eigenvalue weighted by atomic mass is 10.2. The standard InChI is InChI=1S/C16H23N3O4/c1-3-14(20)18-13-7-6-11(2)19(16(13)22)10-15(21)17-9-12-5-4-8-23-12/h6-7,12H,3-5,8-10H2,1-2H3,(H,17,21)(H,18,20). The third-order valence-corrected chi connectivity index (χ3v) is 3.84. The second kappa shape index (κ2) is 7.92. The van der Waals surface area contributed by atoms with Crippen LogP contribution in [-0.4, -0.2) is 35.6 Å². The number of hydrogen-bond donors (Lipinski definition) is 2. The molecule has 1 fully saturated rings. The second-order valence-electron chi connectivity index (χ2n) is 5.62. The molecule has 126 valence electrons. The SMILES string of the molecule is CCC(=O)Nc1ccc(C)n(CC(=O)NCC2CCCO2)c1=O. The van der Waals surface area contributed by atoms with E-state index in [1.807, 2.05) is 0 Å². The van der Waals surface area contributed by atoms with Crippen molar-refractivity contribution in [2.24, 2.45) is 0 Å². The molecule has 0 aliphatic carbocycles. The van der Waals surface area contributed by atoms with Crippen LogP contribution in [-0.2, 0) is 20.9 Å². The number of hydrogen-bond acceptors (Lipinski definition) is 4. The zero-order valence-corrected chi connectivity index (χ0v) is 13.6. The third-order valence-electron chi connectivity index (χ3n) is 3.84. The van der Waals surface area contributed by atoms with Crippen molar-refractivity contribution in [1.82, 2.24) is 9.88 Å². The van der Waals surface area contributed by atoms with Crippen LogP contribution in [0.15, 0.2) is 16.9 Å². The molecule has 7 heteroatoms. The number of aryl methyl sites for hydroxylation is 1. The van der Waals surface area contributed by atoms with Crippen molar-refractivity contribution in [3.8, 4) is 0 Å². The molecule has 2 amide bonds. The van der Waals surface area contributed by atoms with Gasteiger partial charge >= 0.3 is 0 Å². The van der Waals surface area contributed by atoms with Crippen LogP contribution in [0, 0.1) is 6.92 Å². The second-order valence-corrected chi connectivity index (χ2v) is 5.62. The zero-order valence-electron chi connectivity index (χ0n) is 13.6. The van der Waals surface area contributed by atoms with Crippen LogP contribution in [0.3, 0.4) is 0 Å². The van der Waals surface area contributed by atoms with Gasteiger partial charge in [-0.2, -0.15) is 0 Å². The minimum absolute atomic E-state index is 0.0620. The maximum Gasteiger partial charge on any atom is 0.274 e. The molecule has 0 aromatic carbocycles. The molecule has 7 nitrogen and oxygen atoms in total. The van der Waals surface area contributed by atoms with Gasteiger partial charge in [0.15, 0.2) is 0 Å². The average molecular weight is 321 g/mol. The monoisotopic (exact) mass is 321 g/mol. The van der Waals surface area contributed by atoms with E-state index in [0.717, 1.165) is 19.4 Å². The highest BCUT2D eigenvalue weighted by Gasteiger charge is 2.17. The fourth-order valence-corrected chi connectivity index (χ4v) is 2.43. The van der Waals surface area contributed by atoms with Crippen LogP contribution in [0.1, 0.15) is 31.9 Å². The number of amides is 2. The maximum atomic E-state index is 12.4. The van der Waals surface area contributed by atoms with Gasteiger partial charge in [0.1, 0.15) is 12.2 Å². The molecule has 1 aromatic heterocycles. The summed E-state index contributed by atoms with van der Waals surface area (Å²) in [7, 11) is 0. The molecule has 0 radical (unpaired) electrons. The van der Waals surface area contributed by atoms with Gasteiger partial charge in [0.05, 0.1) is 6.10 Å². The van der Waals surface area contributed by atoms with E-state index in [-0.39, 0.29) is 42.1 Å². The van der Waals surface area contributed by atoms with Crippen LogP contribution in [0.2, 0.25) is 0 Å². The summed E-state index contributed by atoms with van der Waals surface area (Å²) in [5.41, 5.74) is 0.477. The molecule has 1 saturated heterocycles. The molecular formula is C16H23N3O4. The molecule has 2 rings (SSSR count). The van der Waals surface area contributed by atoms with Crippen LogP contribution in [0.4, 0.5) is 5.69 Å². The Balaban J connectivity index is 2.02. The smallest absolute Gasteiger partial charge is 0.274 e. The molecule has 1 atom stereocenters. The summed E-state index contributed by atoms with van der Waals surface area (Å²) in [6, 6.07) is 3.27. The summed E-state index contributed by atoms with van der Waals surface area (Å²) >= 11 is 0. The van der Waals surface area contributed by atoms with Gasteiger partial charge in [-0.1, -0.05) is 6.92 Å². The predicted octanol–water partition coefficient (Wildman–Crippen LogP) is 0.800. The number of nitrogens with one attached hydrogen (secondary N) is 2. The molecular weight excluding hydrogens is 298 g/mol. The van der Waals surface area contributed by atoms with E-state index in [1.165, 1.54) is 4.57 Å². The molecule has 1 aliphatic rings. The quantitative estimate of drug-likeness (QED) is 0.811. The van der Waals surface area contributed by atoms with Gasteiger partial charge in [-0.05, 0) is 31.9 Å². The number of nitrogens with zero attached hydrogens (tertiary/aromatic N) is 1. The van der Waals surface area contributed by atoms with Crippen molar-refractivity contribution < 1.29 is 14.3 Å². The van der Waals surface area contributed by atoms with Gasteiger partial charge in [0.2, 0.25) is 11.8 Å². The summed E-state index contributed by atoms with van der Waals surface area (Å²) in [5, 5.41) is 5.34. The van der Waals surface area contributed by atoms with E-state index in [4.69, 9.17) is 4.74 Å². The van der Waals surface area contributed by atoms with Crippen LogP contribution in [0.5, 0.6) is 0 Å². The van der Waals surface area contributed by atoms with Crippen LogP contribution < -0.4 is 16.2 Å². The number of carbonyl (C=O) groups is 2. The Labute approximate surface area is 135 Å². The number of carbonyl (C=O) groups excluding carboxylic acids is 2. The average Bonchev–Trinajstić information content (AvgIpc) is 3.05. The third kappa shape index (κ3) is 4.66. The van der Waals surface area contributed by atoms with Crippen molar-refractivity contribution in [2.75, 3.05) is 18.5 Å². The van der Waals surface area contributed by atoms with Crippen LogP contribution in [0.25, 0.3) is 0 Å².